The van der Waals surface area contributed by atoms with Crippen LogP contribution in [0.25, 0.3) is 10.8 Å². The number of pyridine rings is 1. The molecular formula is C13H17N. The van der Waals surface area contributed by atoms with Crippen LogP contribution in [0.15, 0.2) is 36.7 Å². The highest BCUT2D eigenvalue weighted by atomic mass is 14.6. The van der Waals surface area contributed by atoms with Crippen LogP contribution in [0.3, 0.4) is 0 Å². The molecule has 0 spiro atoms. The molecule has 1 aromatic carbocycles. The minimum Gasteiger partial charge on any atom is -0.264 e. The van der Waals surface area contributed by atoms with Crippen LogP contribution in [0.2, 0.25) is 0 Å². The fraction of sp³-hybridized carbons (Fsp3) is 0.308. The van der Waals surface area contributed by atoms with Crippen LogP contribution in [-0.2, 0) is 0 Å². The Kier molecular flexibility index (Phi) is 4.11. The summed E-state index contributed by atoms with van der Waals surface area (Å²) in [6.45, 7) is 6.35. The number of benzene rings is 1. The summed E-state index contributed by atoms with van der Waals surface area (Å²) < 4.78 is 0. The van der Waals surface area contributed by atoms with Gasteiger partial charge in [-0.3, -0.25) is 4.98 Å². The summed E-state index contributed by atoms with van der Waals surface area (Å²) in [7, 11) is 0. The molecule has 0 N–H and O–H groups in total. The second kappa shape index (κ2) is 5.38. The van der Waals surface area contributed by atoms with E-state index < -0.39 is 0 Å². The lowest BCUT2D eigenvalue weighted by Crippen LogP contribution is -1.78. The normalized spacial score (nSPS) is 9.36. The maximum atomic E-state index is 4.07. The lowest BCUT2D eigenvalue weighted by molar-refractivity contribution is 1.09. The first-order valence-corrected chi connectivity index (χ1v) is 5.09. The Morgan fingerprint density at radius 1 is 1.14 bits per heavy atom. The third kappa shape index (κ3) is 2.56. The van der Waals surface area contributed by atoms with E-state index in [0.29, 0.717) is 0 Å². The average Bonchev–Trinajstić information content (AvgIpc) is 2.20. The van der Waals surface area contributed by atoms with E-state index in [2.05, 4.69) is 44.0 Å². The van der Waals surface area contributed by atoms with E-state index >= 15 is 0 Å². The number of fused-ring (bicyclic) bond motifs is 1. The summed E-state index contributed by atoms with van der Waals surface area (Å²) in [6, 6.07) is 8.30. The molecule has 0 fully saturated rings. The number of hydrogen-bond acceptors (Lipinski definition) is 1. The smallest absolute Gasteiger partial charge is 0.0349 e. The van der Waals surface area contributed by atoms with Crippen molar-refractivity contribution in [1.82, 2.24) is 4.98 Å². The maximum absolute atomic E-state index is 4.07. The molecule has 2 rings (SSSR count). The van der Waals surface area contributed by atoms with Gasteiger partial charge in [-0.05, 0) is 23.9 Å². The Bertz CT molecular complexity index is 388. The van der Waals surface area contributed by atoms with Gasteiger partial charge in [-0.15, -0.1) is 0 Å². The molecule has 2 aromatic rings. The van der Waals surface area contributed by atoms with E-state index in [1.54, 1.807) is 0 Å². The predicted octanol–water partition coefficient (Wildman–Crippen LogP) is 3.96. The first kappa shape index (κ1) is 10.7. The molecule has 0 aliphatic carbocycles. The molecule has 0 radical (unpaired) electrons. The predicted molar refractivity (Wildman–Crippen MR) is 62.4 cm³/mol. The van der Waals surface area contributed by atoms with Gasteiger partial charge in [-0.2, -0.15) is 0 Å². The molecule has 0 unspecified atom stereocenters. The van der Waals surface area contributed by atoms with Gasteiger partial charge in [0, 0.05) is 17.8 Å². The number of nitrogens with zero attached hydrogens (tertiary/aromatic N) is 1. The molecule has 0 amide bonds. The summed E-state index contributed by atoms with van der Waals surface area (Å²) in [5.74, 6) is 0. The third-order valence-electron chi connectivity index (χ3n) is 1.90. The summed E-state index contributed by atoms with van der Waals surface area (Å²) in [5.41, 5.74) is 1.29. The molecule has 0 aliphatic rings. The highest BCUT2D eigenvalue weighted by Crippen LogP contribution is 2.15. The molecule has 0 bridgehead atoms. The largest absolute Gasteiger partial charge is 0.264 e. The molecule has 1 heterocycles. The summed E-state index contributed by atoms with van der Waals surface area (Å²) in [4.78, 5) is 4.07. The molecule has 0 atom stereocenters. The highest BCUT2D eigenvalue weighted by molar-refractivity contribution is 5.84. The van der Waals surface area contributed by atoms with Gasteiger partial charge < -0.3 is 0 Å². The van der Waals surface area contributed by atoms with Crippen LogP contribution in [0, 0.1) is 6.92 Å². The van der Waals surface area contributed by atoms with Gasteiger partial charge in [0.15, 0.2) is 0 Å². The molecule has 1 nitrogen and oxygen atoms in total. The van der Waals surface area contributed by atoms with Crippen molar-refractivity contribution < 1.29 is 0 Å². The second-order valence-corrected chi connectivity index (χ2v) is 3.38. The number of aryl methyl sites for hydroxylation is 1. The monoisotopic (exact) mass is 187 g/mol. The lowest BCUT2D eigenvalue weighted by Gasteiger charge is -1.98. The minimum absolute atomic E-state index is 1.25. The zero-order valence-corrected chi connectivity index (χ0v) is 9.12. The van der Waals surface area contributed by atoms with Crippen LogP contribution in [0.1, 0.15) is 25.8 Å². The van der Waals surface area contributed by atoms with Gasteiger partial charge in [0.2, 0.25) is 0 Å². The van der Waals surface area contributed by atoms with Crippen LogP contribution in [0.4, 0.5) is 0 Å². The SMILES string of the molecule is CCC.Cc1cccc2ccncc12. The van der Waals surface area contributed by atoms with Crippen molar-refractivity contribution in [2.75, 3.05) is 0 Å². The molecule has 0 saturated heterocycles. The Balaban J connectivity index is 0.000000293. The number of hydrogen-bond donors (Lipinski definition) is 0. The van der Waals surface area contributed by atoms with Crippen molar-refractivity contribution in [2.24, 2.45) is 0 Å². The number of aromatic nitrogens is 1. The molecule has 0 saturated carbocycles. The van der Waals surface area contributed by atoms with E-state index in [1.807, 2.05) is 18.5 Å². The zero-order chi connectivity index (χ0) is 10.4. The zero-order valence-electron chi connectivity index (χ0n) is 9.12. The molecule has 74 valence electrons. The van der Waals surface area contributed by atoms with Crippen LogP contribution < -0.4 is 0 Å². The first-order chi connectivity index (χ1) is 6.79. The lowest BCUT2D eigenvalue weighted by atomic mass is 10.1. The van der Waals surface area contributed by atoms with Gasteiger partial charge >= 0.3 is 0 Å². The van der Waals surface area contributed by atoms with E-state index in [1.165, 1.54) is 22.8 Å². The second-order valence-electron chi connectivity index (χ2n) is 3.38. The van der Waals surface area contributed by atoms with E-state index in [-0.39, 0.29) is 0 Å². The van der Waals surface area contributed by atoms with Crippen molar-refractivity contribution in [3.63, 3.8) is 0 Å². The van der Waals surface area contributed by atoms with Gasteiger partial charge in [0.1, 0.15) is 0 Å². The molecule has 1 aromatic heterocycles. The standard InChI is InChI=1S/C10H9N.C3H8/c1-8-3-2-4-9-5-6-11-7-10(8)9;1-3-2/h2-7H,1H3;3H2,1-2H3. The Morgan fingerprint density at radius 3 is 2.50 bits per heavy atom. The van der Waals surface area contributed by atoms with Gasteiger partial charge in [-0.25, -0.2) is 0 Å². The first-order valence-electron chi connectivity index (χ1n) is 5.09. The molecular weight excluding hydrogens is 170 g/mol. The van der Waals surface area contributed by atoms with Crippen molar-refractivity contribution >= 4 is 10.8 Å². The van der Waals surface area contributed by atoms with Crippen LogP contribution in [-0.4, -0.2) is 4.98 Å². The van der Waals surface area contributed by atoms with Crippen molar-refractivity contribution in [2.45, 2.75) is 27.2 Å². The van der Waals surface area contributed by atoms with Crippen LogP contribution in [0.5, 0.6) is 0 Å². The van der Waals surface area contributed by atoms with E-state index in [0.717, 1.165) is 0 Å². The van der Waals surface area contributed by atoms with E-state index in [9.17, 15) is 0 Å². The molecule has 14 heavy (non-hydrogen) atoms. The quantitative estimate of drug-likeness (QED) is 0.608. The number of rotatable bonds is 0. The Hall–Kier alpha value is -1.37. The van der Waals surface area contributed by atoms with E-state index in [4.69, 9.17) is 0 Å². The van der Waals surface area contributed by atoms with Gasteiger partial charge in [-0.1, -0.05) is 38.5 Å². The van der Waals surface area contributed by atoms with Crippen molar-refractivity contribution in [1.29, 1.82) is 0 Å². The minimum atomic E-state index is 1.25. The maximum Gasteiger partial charge on any atom is 0.0349 e. The van der Waals surface area contributed by atoms with Crippen LogP contribution >= 0.6 is 0 Å². The third-order valence-corrected chi connectivity index (χ3v) is 1.90. The molecule has 1 heteroatoms. The van der Waals surface area contributed by atoms with Gasteiger partial charge in [0.25, 0.3) is 0 Å². The summed E-state index contributed by atoms with van der Waals surface area (Å²) >= 11 is 0. The average molecular weight is 187 g/mol. The fourth-order valence-corrected chi connectivity index (χ4v) is 1.27. The van der Waals surface area contributed by atoms with Crippen molar-refractivity contribution in [3.05, 3.63) is 42.2 Å². The van der Waals surface area contributed by atoms with Crippen molar-refractivity contribution in [3.8, 4) is 0 Å². The highest BCUT2D eigenvalue weighted by Gasteiger charge is 1.92. The Morgan fingerprint density at radius 2 is 1.86 bits per heavy atom. The topological polar surface area (TPSA) is 12.9 Å². The fourth-order valence-electron chi connectivity index (χ4n) is 1.27. The van der Waals surface area contributed by atoms with Gasteiger partial charge in [0.05, 0.1) is 0 Å². The Labute approximate surface area is 85.8 Å². The summed E-state index contributed by atoms with van der Waals surface area (Å²) in [6.07, 6.45) is 4.98. The summed E-state index contributed by atoms with van der Waals surface area (Å²) in [5, 5.41) is 2.51. The molecule has 0 aliphatic heterocycles.